The fraction of sp³-hybridized carbons (Fsp3) is 0.219. The number of aliphatic hydroxyl groups is 1. The molecule has 1 aliphatic heterocycles. The fourth-order valence-corrected chi connectivity index (χ4v) is 8.24. The highest BCUT2D eigenvalue weighted by Crippen LogP contribution is 2.43. The summed E-state index contributed by atoms with van der Waals surface area (Å²) in [5, 5.41) is 9.51. The molecule has 7 nitrogen and oxygen atoms in total. The first-order chi connectivity index (χ1) is 20.4. The van der Waals surface area contributed by atoms with Crippen LogP contribution >= 0.6 is 23.1 Å². The van der Waals surface area contributed by atoms with Gasteiger partial charge in [0.05, 0.1) is 33.9 Å². The molecule has 0 saturated carbocycles. The minimum Gasteiger partial charge on any atom is -0.392 e. The van der Waals surface area contributed by atoms with Gasteiger partial charge in [0.25, 0.3) is 10.0 Å². The van der Waals surface area contributed by atoms with E-state index in [1.54, 1.807) is 65.6 Å². The number of nitrogens with one attached hydrogen (secondary N) is 1. The highest BCUT2D eigenvalue weighted by Gasteiger charge is 2.38. The van der Waals surface area contributed by atoms with Gasteiger partial charge in [-0.2, -0.15) is 0 Å². The van der Waals surface area contributed by atoms with E-state index >= 15 is 0 Å². The summed E-state index contributed by atoms with van der Waals surface area (Å²) in [6, 6.07) is 31.3. The van der Waals surface area contributed by atoms with Crippen molar-refractivity contribution >= 4 is 49.0 Å². The van der Waals surface area contributed by atoms with E-state index in [4.69, 9.17) is 14.5 Å². The van der Waals surface area contributed by atoms with Gasteiger partial charge in [-0.15, -0.1) is 11.3 Å². The van der Waals surface area contributed by atoms with E-state index in [9.17, 15) is 13.5 Å². The molecule has 2 heterocycles. The Balaban J connectivity index is 1.22. The van der Waals surface area contributed by atoms with Crippen LogP contribution in [0.25, 0.3) is 10.2 Å². The van der Waals surface area contributed by atoms with Crippen molar-refractivity contribution in [2.45, 2.75) is 41.3 Å². The van der Waals surface area contributed by atoms with Crippen molar-refractivity contribution in [3.8, 4) is 0 Å². The van der Waals surface area contributed by atoms with Crippen LogP contribution in [0.15, 0.2) is 112 Å². The average Bonchev–Trinajstić information content (AvgIpc) is 3.44. The minimum atomic E-state index is -3.70. The van der Waals surface area contributed by atoms with Crippen LogP contribution in [0.3, 0.4) is 0 Å². The molecule has 4 atom stereocenters. The minimum absolute atomic E-state index is 0.0189. The first-order valence-electron chi connectivity index (χ1n) is 13.6. The van der Waals surface area contributed by atoms with Crippen molar-refractivity contribution in [1.82, 2.24) is 4.98 Å². The standard InChI is InChI=1S/C32H30N2O5S3/c1-21-28(20-40-32-33-27-9-5-6-10-29(27)41-32)38-31(39-30(21)23-13-11-22(19-35)12-14-23)24-15-17-25(18-16-24)34-42(36,37)26-7-3-2-4-8-26/h2-18,21,28,30-31,34-35H,19-20H2,1H3/t21-,28+,30+,31+/m0/s1. The number of hydrogen-bond acceptors (Lipinski definition) is 8. The number of fused-ring (bicyclic) bond motifs is 1. The van der Waals surface area contributed by atoms with E-state index in [0.29, 0.717) is 11.4 Å². The number of aromatic nitrogens is 1. The lowest BCUT2D eigenvalue weighted by molar-refractivity contribution is -0.268. The molecule has 0 radical (unpaired) electrons. The number of thiazole rings is 1. The molecule has 42 heavy (non-hydrogen) atoms. The van der Waals surface area contributed by atoms with E-state index < -0.39 is 16.3 Å². The molecule has 1 fully saturated rings. The van der Waals surface area contributed by atoms with Crippen molar-refractivity contribution in [3.05, 3.63) is 120 Å². The Hall–Kier alpha value is -3.25. The highest BCUT2D eigenvalue weighted by atomic mass is 32.2. The second-order valence-corrected chi connectivity index (χ2v) is 14.1. The van der Waals surface area contributed by atoms with Gasteiger partial charge in [0, 0.05) is 22.9 Å². The van der Waals surface area contributed by atoms with Crippen LogP contribution in [0.5, 0.6) is 0 Å². The number of thioether (sulfide) groups is 1. The molecule has 1 aliphatic rings. The van der Waals surface area contributed by atoms with Crippen molar-refractivity contribution in [1.29, 1.82) is 0 Å². The molecule has 1 saturated heterocycles. The van der Waals surface area contributed by atoms with Gasteiger partial charge in [0.2, 0.25) is 0 Å². The maximum atomic E-state index is 12.8. The largest absolute Gasteiger partial charge is 0.392 e. The number of sulfonamides is 1. The van der Waals surface area contributed by atoms with Gasteiger partial charge < -0.3 is 14.6 Å². The Morgan fingerprint density at radius 1 is 0.881 bits per heavy atom. The zero-order chi connectivity index (χ0) is 29.1. The van der Waals surface area contributed by atoms with Crippen LogP contribution < -0.4 is 4.72 Å². The van der Waals surface area contributed by atoms with Crippen LogP contribution in [-0.4, -0.2) is 30.4 Å². The van der Waals surface area contributed by atoms with Gasteiger partial charge >= 0.3 is 0 Å². The monoisotopic (exact) mass is 618 g/mol. The zero-order valence-corrected chi connectivity index (χ0v) is 25.2. The predicted octanol–water partition coefficient (Wildman–Crippen LogP) is 7.17. The van der Waals surface area contributed by atoms with E-state index in [2.05, 4.69) is 17.7 Å². The quantitative estimate of drug-likeness (QED) is 0.169. The normalized spacial score (nSPS) is 20.9. The average molecular weight is 619 g/mol. The summed E-state index contributed by atoms with van der Waals surface area (Å²) in [5.74, 6) is 0.737. The lowest BCUT2D eigenvalue weighted by Crippen LogP contribution is -2.38. The Morgan fingerprint density at radius 2 is 1.57 bits per heavy atom. The van der Waals surface area contributed by atoms with Crippen molar-refractivity contribution in [3.63, 3.8) is 0 Å². The number of nitrogens with zero attached hydrogens (tertiary/aromatic N) is 1. The van der Waals surface area contributed by atoms with E-state index in [1.807, 2.05) is 54.6 Å². The van der Waals surface area contributed by atoms with Gasteiger partial charge in [-0.1, -0.05) is 85.4 Å². The van der Waals surface area contributed by atoms with Crippen LogP contribution in [0.2, 0.25) is 0 Å². The molecule has 2 N–H and O–H groups in total. The van der Waals surface area contributed by atoms with Gasteiger partial charge in [-0.05, 0) is 47.5 Å². The molecule has 6 rings (SSSR count). The number of rotatable bonds is 9. The van der Waals surface area contributed by atoms with E-state index in [-0.39, 0.29) is 29.6 Å². The smallest absolute Gasteiger partial charge is 0.261 e. The van der Waals surface area contributed by atoms with Crippen LogP contribution in [0.1, 0.15) is 36.0 Å². The first-order valence-corrected chi connectivity index (χ1v) is 16.8. The SMILES string of the molecule is C[C@H]1[C@@H](CSc2nc3ccccc3s2)O[C@@H](c2ccc(NS(=O)(=O)c3ccccc3)cc2)O[C@H]1c1ccc(CO)cc1. The van der Waals surface area contributed by atoms with Crippen LogP contribution in [0.4, 0.5) is 5.69 Å². The van der Waals surface area contributed by atoms with Crippen molar-refractivity contribution in [2.75, 3.05) is 10.5 Å². The zero-order valence-electron chi connectivity index (χ0n) is 22.8. The molecule has 216 valence electrons. The molecule has 0 unspecified atom stereocenters. The highest BCUT2D eigenvalue weighted by molar-refractivity contribution is 8.01. The molecule has 0 amide bonds. The molecule has 0 bridgehead atoms. The predicted molar refractivity (Wildman–Crippen MR) is 167 cm³/mol. The maximum Gasteiger partial charge on any atom is 0.261 e. The Kier molecular flexibility index (Phi) is 8.62. The van der Waals surface area contributed by atoms with Gasteiger partial charge in [0.1, 0.15) is 0 Å². The Bertz CT molecular complexity index is 1710. The summed E-state index contributed by atoms with van der Waals surface area (Å²) in [6.07, 6.45) is -1.03. The number of para-hydroxylation sites is 1. The van der Waals surface area contributed by atoms with Crippen molar-refractivity contribution in [2.24, 2.45) is 5.92 Å². The summed E-state index contributed by atoms with van der Waals surface area (Å²) in [6.45, 7) is 2.11. The van der Waals surface area contributed by atoms with Gasteiger partial charge in [0.15, 0.2) is 10.6 Å². The fourth-order valence-electron chi connectivity index (χ4n) is 4.90. The molecular formula is C32H30N2O5S3. The summed E-state index contributed by atoms with van der Waals surface area (Å²) in [4.78, 5) is 4.97. The lowest BCUT2D eigenvalue weighted by Gasteiger charge is -2.41. The summed E-state index contributed by atoms with van der Waals surface area (Å²) in [5.41, 5.74) is 4.08. The number of benzene rings is 4. The molecule has 5 aromatic rings. The third kappa shape index (κ3) is 6.39. The number of hydrogen-bond donors (Lipinski definition) is 2. The summed E-state index contributed by atoms with van der Waals surface area (Å²) in [7, 11) is -3.70. The molecule has 4 aromatic carbocycles. The Morgan fingerprint density at radius 3 is 2.29 bits per heavy atom. The molecule has 0 aliphatic carbocycles. The maximum absolute atomic E-state index is 12.8. The van der Waals surface area contributed by atoms with Crippen molar-refractivity contribution < 1.29 is 23.0 Å². The number of aliphatic hydroxyl groups excluding tert-OH is 1. The van der Waals surface area contributed by atoms with Gasteiger partial charge in [-0.3, -0.25) is 4.72 Å². The van der Waals surface area contributed by atoms with Crippen LogP contribution in [0, 0.1) is 5.92 Å². The topological polar surface area (TPSA) is 97.8 Å². The third-order valence-corrected chi connectivity index (χ3v) is 10.9. The summed E-state index contributed by atoms with van der Waals surface area (Å²) >= 11 is 3.36. The van der Waals surface area contributed by atoms with Crippen LogP contribution in [-0.2, 0) is 26.1 Å². The molecule has 0 spiro atoms. The number of anilines is 1. The lowest BCUT2D eigenvalue weighted by atomic mass is 9.91. The molecular weight excluding hydrogens is 589 g/mol. The second kappa shape index (κ2) is 12.5. The number of ether oxygens (including phenoxy) is 2. The first kappa shape index (κ1) is 28.9. The Labute approximate surface area is 253 Å². The van der Waals surface area contributed by atoms with E-state index in [0.717, 1.165) is 31.2 Å². The molecule has 10 heteroatoms. The third-order valence-electron chi connectivity index (χ3n) is 7.26. The van der Waals surface area contributed by atoms with Gasteiger partial charge in [-0.25, -0.2) is 13.4 Å². The second-order valence-electron chi connectivity index (χ2n) is 10.1. The summed E-state index contributed by atoms with van der Waals surface area (Å²) < 4.78 is 43.4. The van der Waals surface area contributed by atoms with E-state index in [1.165, 1.54) is 0 Å². The molecule has 1 aromatic heterocycles.